The summed E-state index contributed by atoms with van der Waals surface area (Å²) in [5, 5.41) is 5.00. The van der Waals surface area contributed by atoms with Crippen LogP contribution >= 0.6 is 0 Å². The van der Waals surface area contributed by atoms with E-state index in [4.69, 9.17) is 23.4 Å². The maximum atomic E-state index is 6.42. The van der Waals surface area contributed by atoms with E-state index in [1.54, 1.807) is 56.4 Å². The second-order valence-corrected chi connectivity index (χ2v) is 3.58. The van der Waals surface area contributed by atoms with Gasteiger partial charge in [-0.05, 0) is 56.4 Å². The van der Waals surface area contributed by atoms with Crippen molar-refractivity contribution < 1.29 is 0 Å². The summed E-state index contributed by atoms with van der Waals surface area (Å²) in [6, 6.07) is 0. The first kappa shape index (κ1) is 49.5. The number of nitrogens with zero attached hydrogens (tertiary/aromatic N) is 4. The van der Waals surface area contributed by atoms with Gasteiger partial charge >= 0.3 is 95.6 Å². The van der Waals surface area contributed by atoms with Gasteiger partial charge in [-0.2, -0.15) is 0 Å². The van der Waals surface area contributed by atoms with Gasteiger partial charge in [0.05, 0.1) is 0 Å². The quantitative estimate of drug-likeness (QED) is 0.249. The predicted molar refractivity (Wildman–Crippen MR) is 101 cm³/mol. The van der Waals surface area contributed by atoms with Crippen LogP contribution in [0.3, 0.4) is 0 Å². The van der Waals surface area contributed by atoms with E-state index in [2.05, 4.69) is 0 Å². The van der Waals surface area contributed by atoms with Crippen molar-refractivity contribution in [2.24, 2.45) is 0 Å². The van der Waals surface area contributed by atoms with Crippen LogP contribution in [0.25, 0.3) is 23.4 Å². The average Bonchev–Trinajstić information content (AvgIpc) is 1.76. The van der Waals surface area contributed by atoms with Crippen LogP contribution in [0.15, 0.2) is 0 Å². The molecule has 0 saturated carbocycles. The molecule has 0 aromatic heterocycles. The number of hydrogen-bond acceptors (Lipinski definition) is 4. The summed E-state index contributed by atoms with van der Waals surface area (Å²) in [6.45, 7) is 0. The molecular weight excluding hydrogens is 683 g/mol. The van der Waals surface area contributed by atoms with Gasteiger partial charge in [-0.3, -0.25) is 0 Å². The molecule has 8 nitrogen and oxygen atoms in total. The molecule has 4 N–H and O–H groups in total. The number of hydrogen-bond donors (Lipinski definition) is 0. The summed E-state index contributed by atoms with van der Waals surface area (Å²) >= 11 is 0. The van der Waals surface area contributed by atoms with E-state index in [-0.39, 0.29) is 95.6 Å². The van der Waals surface area contributed by atoms with Gasteiger partial charge in [-0.15, -0.1) is 0 Å². The summed E-state index contributed by atoms with van der Waals surface area (Å²) in [4.78, 5) is 0. The zero-order valence-corrected chi connectivity index (χ0v) is 27.3. The molecule has 0 aromatic carbocycles. The Bertz CT molecular complexity index is 73.5. The Morgan fingerprint density at radius 3 is 0.400 bits per heavy atom. The minimum absolute atomic E-state index is 0. The molecule has 0 spiro atoms. The molecule has 0 amide bonds. The normalized spacial score (nSPS) is 7.20. The molecule has 0 aliphatic carbocycles. The molecule has 0 aliphatic rings. The molecule has 0 saturated heterocycles. The molecule has 0 aromatic rings. The van der Waals surface area contributed by atoms with Crippen LogP contribution in [0, 0.1) is 0 Å². The first-order valence-corrected chi connectivity index (χ1v) is 4.47. The van der Waals surface area contributed by atoms with Crippen LogP contribution in [-0.4, -0.2) is 172 Å². The molecule has 0 bridgehead atoms. The standard InChI is InChI=1S/4C2H7N2.4Sn.4H/c4*1-4(2)3;;;;;;;;/h4*3H,1-2H3;;;;;;;;/q4*-1;;;2*+3;;;;. The van der Waals surface area contributed by atoms with E-state index >= 15 is 0 Å². The van der Waals surface area contributed by atoms with E-state index in [1.165, 1.54) is 20.0 Å². The van der Waals surface area contributed by atoms with Crippen LogP contribution in [0.4, 0.5) is 0 Å². The van der Waals surface area contributed by atoms with Crippen LogP contribution < -0.4 is 0 Å². The predicted octanol–water partition coefficient (Wildman–Crippen LogP) is -0.533. The number of nitrogens with one attached hydrogen (secondary N) is 4. The fourth-order valence-corrected chi connectivity index (χ4v) is 0. The topological polar surface area (TPSA) is 108 Å². The molecule has 0 rings (SSSR count). The Labute approximate surface area is 193 Å². The Balaban J connectivity index is -0.0000000150. The third kappa shape index (κ3) is 998. The molecule has 12 heteroatoms. The summed E-state index contributed by atoms with van der Waals surface area (Å²) in [7, 11) is 13.3. The zero-order chi connectivity index (χ0) is 14.3. The van der Waals surface area contributed by atoms with Gasteiger partial charge in [0.25, 0.3) is 0 Å². The Morgan fingerprint density at radius 1 is 0.400 bits per heavy atom. The third-order valence-corrected chi connectivity index (χ3v) is 0. The summed E-state index contributed by atoms with van der Waals surface area (Å²) < 4.78 is 0. The molecule has 0 heterocycles. The molecule has 20 heavy (non-hydrogen) atoms. The van der Waals surface area contributed by atoms with Crippen molar-refractivity contribution >= 4 is 95.6 Å². The van der Waals surface area contributed by atoms with Crippen LogP contribution in [0.1, 0.15) is 0 Å². The van der Waals surface area contributed by atoms with Crippen molar-refractivity contribution in [2.45, 2.75) is 0 Å². The van der Waals surface area contributed by atoms with Gasteiger partial charge in [0.1, 0.15) is 0 Å². The fraction of sp³-hybridized carbons (Fsp3) is 1.00. The van der Waals surface area contributed by atoms with E-state index in [0.717, 1.165) is 0 Å². The van der Waals surface area contributed by atoms with Gasteiger partial charge < -0.3 is 43.4 Å². The van der Waals surface area contributed by atoms with Gasteiger partial charge in [0.15, 0.2) is 0 Å². The van der Waals surface area contributed by atoms with Crippen LogP contribution in [-0.2, 0) is 0 Å². The molecule has 0 aliphatic heterocycles. The Kier molecular flexibility index (Phi) is 107. The summed E-state index contributed by atoms with van der Waals surface area (Å²) in [5.41, 5.74) is 0. The molecule has 118 valence electrons. The molecule has 6 radical (unpaired) electrons. The monoisotopic (exact) mass is 720 g/mol. The van der Waals surface area contributed by atoms with E-state index < -0.39 is 0 Å². The van der Waals surface area contributed by atoms with Crippen LogP contribution in [0.5, 0.6) is 0 Å². The molecule has 0 unspecified atom stereocenters. The first-order chi connectivity index (χ1) is 6.93. The van der Waals surface area contributed by atoms with Crippen molar-refractivity contribution in [3.8, 4) is 0 Å². The van der Waals surface area contributed by atoms with Gasteiger partial charge in [0, 0.05) is 0 Å². The SMILES string of the molecule is CN(C)[NH-].CN(C)[NH-].CN(C)[NH-].CN(C)[NH-].[SnH+3].[SnH+3].[SnH].[SnH]. The Morgan fingerprint density at radius 2 is 0.400 bits per heavy atom. The zero-order valence-electron chi connectivity index (χ0n) is 14.1. The van der Waals surface area contributed by atoms with Crippen molar-refractivity contribution in [3.05, 3.63) is 23.4 Å². The molecular formula is C8H32N8Sn4+2. The molecule has 0 atom stereocenters. The van der Waals surface area contributed by atoms with Crippen molar-refractivity contribution in [2.75, 3.05) is 56.4 Å². The minimum atomic E-state index is 0. The third-order valence-electron chi connectivity index (χ3n) is 0. The van der Waals surface area contributed by atoms with E-state index in [0.29, 0.717) is 0 Å². The van der Waals surface area contributed by atoms with Gasteiger partial charge in [0.2, 0.25) is 0 Å². The molecule has 0 fully saturated rings. The summed E-state index contributed by atoms with van der Waals surface area (Å²) in [5.74, 6) is 25.7. The van der Waals surface area contributed by atoms with Crippen molar-refractivity contribution in [1.82, 2.24) is 20.0 Å². The second kappa shape index (κ2) is 43.1. The first-order valence-electron chi connectivity index (χ1n) is 4.47. The van der Waals surface area contributed by atoms with Gasteiger partial charge in [-0.1, -0.05) is 0 Å². The maximum absolute atomic E-state index is 6.42. The second-order valence-electron chi connectivity index (χ2n) is 3.58. The van der Waals surface area contributed by atoms with E-state index in [9.17, 15) is 0 Å². The van der Waals surface area contributed by atoms with E-state index in [1.807, 2.05) is 0 Å². The van der Waals surface area contributed by atoms with Gasteiger partial charge in [-0.25, -0.2) is 0 Å². The summed E-state index contributed by atoms with van der Waals surface area (Å²) in [6.07, 6.45) is 0. The fourth-order valence-electron chi connectivity index (χ4n) is 0. The average molecular weight is 715 g/mol. The van der Waals surface area contributed by atoms with Crippen molar-refractivity contribution in [1.29, 1.82) is 0 Å². The number of rotatable bonds is 0. The van der Waals surface area contributed by atoms with Crippen molar-refractivity contribution in [3.63, 3.8) is 0 Å². The van der Waals surface area contributed by atoms with Crippen LogP contribution in [0.2, 0.25) is 0 Å². The Hall–Kier alpha value is 2.87.